The molecule has 1 atom stereocenters. The zero-order valence-electron chi connectivity index (χ0n) is 12.7. The highest BCUT2D eigenvalue weighted by atomic mass is 32.2. The Morgan fingerprint density at radius 3 is 2.82 bits per heavy atom. The molecule has 1 fully saturated rings. The molecule has 1 saturated heterocycles. The van der Waals surface area contributed by atoms with Gasteiger partial charge >= 0.3 is 0 Å². The monoisotopic (exact) mass is 321 g/mol. The highest BCUT2D eigenvalue weighted by Gasteiger charge is 2.28. The Morgan fingerprint density at radius 1 is 1.36 bits per heavy atom. The molecule has 1 unspecified atom stereocenters. The van der Waals surface area contributed by atoms with Gasteiger partial charge < -0.3 is 4.90 Å². The van der Waals surface area contributed by atoms with Gasteiger partial charge in [0.2, 0.25) is 15.0 Å². The van der Waals surface area contributed by atoms with E-state index in [-0.39, 0.29) is 16.8 Å². The van der Waals surface area contributed by atoms with Gasteiger partial charge in [0.05, 0.1) is 5.52 Å². The van der Waals surface area contributed by atoms with Crippen LogP contribution in [0, 0.1) is 5.92 Å². The second-order valence-corrected chi connectivity index (χ2v) is 7.88. The molecule has 7 heteroatoms. The first kappa shape index (κ1) is 15.0. The van der Waals surface area contributed by atoms with Crippen LogP contribution in [-0.4, -0.2) is 48.0 Å². The van der Waals surface area contributed by atoms with E-state index in [1.807, 2.05) is 0 Å². The molecular formula is C15H19N3O3S. The van der Waals surface area contributed by atoms with Crippen molar-refractivity contribution in [3.8, 4) is 0 Å². The number of pyridine rings is 1. The number of carbonyl (C=O) groups excluding carboxylic acids is 1. The van der Waals surface area contributed by atoms with Crippen LogP contribution in [0.3, 0.4) is 0 Å². The third kappa shape index (κ3) is 2.61. The molecule has 1 aliphatic rings. The van der Waals surface area contributed by atoms with Crippen LogP contribution in [0.15, 0.2) is 29.6 Å². The van der Waals surface area contributed by atoms with Crippen molar-refractivity contribution >= 4 is 21.3 Å². The molecule has 0 radical (unpaired) electrons. The van der Waals surface area contributed by atoms with Crippen LogP contribution in [0.4, 0.5) is 0 Å². The summed E-state index contributed by atoms with van der Waals surface area (Å²) < 4.78 is 25.3. The van der Waals surface area contributed by atoms with Crippen molar-refractivity contribution in [2.45, 2.75) is 24.9 Å². The highest BCUT2D eigenvalue weighted by Crippen LogP contribution is 2.22. The topological polar surface area (TPSA) is 71.8 Å². The Morgan fingerprint density at radius 2 is 2.14 bits per heavy atom. The van der Waals surface area contributed by atoms with Gasteiger partial charge in [-0.3, -0.25) is 9.20 Å². The van der Waals surface area contributed by atoms with Crippen LogP contribution in [0.1, 0.15) is 30.3 Å². The number of rotatable bonds is 2. The average molecular weight is 321 g/mol. The smallest absolute Gasteiger partial charge is 0.274 e. The molecule has 0 spiro atoms. The number of imidazole rings is 1. The van der Waals surface area contributed by atoms with Gasteiger partial charge in [0.25, 0.3) is 5.91 Å². The minimum absolute atomic E-state index is 0.0866. The van der Waals surface area contributed by atoms with Crippen molar-refractivity contribution in [2.24, 2.45) is 5.92 Å². The fraction of sp³-hybridized carbons (Fsp3) is 0.467. The molecule has 0 aromatic carbocycles. The molecule has 22 heavy (non-hydrogen) atoms. The summed E-state index contributed by atoms with van der Waals surface area (Å²) in [5, 5.41) is -0.0866. The maximum atomic E-state index is 12.8. The standard InChI is InChI=1S/C15H19N3O3S/c1-11-6-5-8-17(10-11)14(19)13-12-7-3-4-9-18(12)15(16-13)22(2,20)21/h3-4,7,9,11H,5-6,8,10H2,1-2H3. The quantitative estimate of drug-likeness (QED) is 0.842. The number of carbonyl (C=O) groups is 1. The third-order valence-corrected chi connectivity index (χ3v) is 4.95. The molecule has 3 rings (SSSR count). The Hall–Kier alpha value is -1.89. The van der Waals surface area contributed by atoms with Gasteiger partial charge in [0.15, 0.2) is 5.69 Å². The van der Waals surface area contributed by atoms with Gasteiger partial charge in [0.1, 0.15) is 0 Å². The van der Waals surface area contributed by atoms with Crippen molar-refractivity contribution in [2.75, 3.05) is 19.3 Å². The van der Waals surface area contributed by atoms with E-state index >= 15 is 0 Å². The predicted molar refractivity (Wildman–Crippen MR) is 82.6 cm³/mol. The van der Waals surface area contributed by atoms with Crippen molar-refractivity contribution in [1.82, 2.24) is 14.3 Å². The van der Waals surface area contributed by atoms with E-state index in [0.29, 0.717) is 24.5 Å². The molecule has 0 saturated carbocycles. The van der Waals surface area contributed by atoms with Crippen LogP contribution in [-0.2, 0) is 9.84 Å². The van der Waals surface area contributed by atoms with Crippen molar-refractivity contribution in [1.29, 1.82) is 0 Å². The highest BCUT2D eigenvalue weighted by molar-refractivity contribution is 7.90. The first-order chi connectivity index (χ1) is 10.4. The number of nitrogens with zero attached hydrogens (tertiary/aromatic N) is 3. The lowest BCUT2D eigenvalue weighted by Gasteiger charge is -2.30. The van der Waals surface area contributed by atoms with Crippen LogP contribution in [0.25, 0.3) is 5.52 Å². The van der Waals surface area contributed by atoms with E-state index in [1.54, 1.807) is 29.3 Å². The normalized spacial score (nSPS) is 19.5. The van der Waals surface area contributed by atoms with Crippen LogP contribution >= 0.6 is 0 Å². The minimum atomic E-state index is -3.50. The summed E-state index contributed by atoms with van der Waals surface area (Å²) in [5.74, 6) is 0.270. The number of sulfone groups is 1. The lowest BCUT2D eigenvalue weighted by atomic mass is 10.00. The molecule has 1 aliphatic heterocycles. The SMILES string of the molecule is CC1CCCN(C(=O)c2nc(S(C)(=O)=O)n3ccccc23)C1. The van der Waals surface area contributed by atoms with E-state index < -0.39 is 9.84 Å². The largest absolute Gasteiger partial charge is 0.337 e. The summed E-state index contributed by atoms with van der Waals surface area (Å²) in [6.45, 7) is 3.51. The fourth-order valence-corrected chi connectivity index (χ4v) is 3.73. The predicted octanol–water partition coefficient (Wildman–Crippen LogP) is 1.61. The first-order valence-corrected chi connectivity index (χ1v) is 9.23. The Kier molecular flexibility index (Phi) is 3.68. The summed E-state index contributed by atoms with van der Waals surface area (Å²) in [6, 6.07) is 5.22. The molecule has 2 aromatic heterocycles. The number of fused-ring (bicyclic) bond motifs is 1. The number of piperidine rings is 1. The van der Waals surface area contributed by atoms with Crippen molar-refractivity contribution < 1.29 is 13.2 Å². The molecule has 0 aliphatic carbocycles. The summed E-state index contributed by atoms with van der Waals surface area (Å²) in [4.78, 5) is 18.7. The number of amides is 1. The number of aromatic nitrogens is 2. The Labute approximate surface area is 129 Å². The maximum Gasteiger partial charge on any atom is 0.274 e. The van der Waals surface area contributed by atoms with Crippen molar-refractivity contribution in [3.63, 3.8) is 0 Å². The van der Waals surface area contributed by atoms with E-state index in [2.05, 4.69) is 11.9 Å². The first-order valence-electron chi connectivity index (χ1n) is 7.34. The van der Waals surface area contributed by atoms with Gasteiger partial charge in [-0.15, -0.1) is 0 Å². The number of likely N-dealkylation sites (tertiary alicyclic amines) is 1. The average Bonchev–Trinajstić information content (AvgIpc) is 2.86. The molecule has 2 aromatic rings. The lowest BCUT2D eigenvalue weighted by Crippen LogP contribution is -2.39. The number of hydrogen-bond donors (Lipinski definition) is 0. The number of hydrogen-bond acceptors (Lipinski definition) is 4. The zero-order valence-corrected chi connectivity index (χ0v) is 13.5. The fourth-order valence-electron chi connectivity index (χ4n) is 2.95. The van der Waals surface area contributed by atoms with Gasteiger partial charge in [0, 0.05) is 25.5 Å². The van der Waals surface area contributed by atoms with Crippen LogP contribution in [0.5, 0.6) is 0 Å². The minimum Gasteiger partial charge on any atom is -0.337 e. The lowest BCUT2D eigenvalue weighted by molar-refractivity contribution is 0.0679. The van der Waals surface area contributed by atoms with Gasteiger partial charge in [-0.1, -0.05) is 13.0 Å². The molecule has 0 bridgehead atoms. The van der Waals surface area contributed by atoms with Gasteiger partial charge in [-0.25, -0.2) is 13.4 Å². The third-order valence-electron chi connectivity index (χ3n) is 3.99. The Balaban J connectivity index is 2.09. The van der Waals surface area contributed by atoms with E-state index in [9.17, 15) is 13.2 Å². The molecule has 118 valence electrons. The summed E-state index contributed by atoms with van der Waals surface area (Å²) in [7, 11) is -3.50. The van der Waals surface area contributed by atoms with E-state index in [0.717, 1.165) is 19.1 Å². The summed E-state index contributed by atoms with van der Waals surface area (Å²) in [5.41, 5.74) is 0.751. The Bertz CT molecular complexity index is 826. The van der Waals surface area contributed by atoms with Gasteiger partial charge in [-0.2, -0.15) is 0 Å². The van der Waals surface area contributed by atoms with Crippen LogP contribution in [0.2, 0.25) is 0 Å². The second kappa shape index (κ2) is 5.39. The van der Waals surface area contributed by atoms with E-state index in [4.69, 9.17) is 0 Å². The molecular weight excluding hydrogens is 302 g/mol. The molecule has 3 heterocycles. The molecule has 6 nitrogen and oxygen atoms in total. The van der Waals surface area contributed by atoms with Crippen LogP contribution < -0.4 is 0 Å². The molecule has 0 N–H and O–H groups in total. The second-order valence-electron chi connectivity index (χ2n) is 5.97. The zero-order chi connectivity index (χ0) is 15.9. The summed E-state index contributed by atoms with van der Waals surface area (Å²) >= 11 is 0. The van der Waals surface area contributed by atoms with Gasteiger partial charge in [-0.05, 0) is 30.9 Å². The molecule has 1 amide bonds. The summed E-state index contributed by atoms with van der Waals surface area (Å²) in [6.07, 6.45) is 4.81. The van der Waals surface area contributed by atoms with E-state index in [1.165, 1.54) is 4.40 Å². The maximum absolute atomic E-state index is 12.8. The van der Waals surface area contributed by atoms with Crippen molar-refractivity contribution in [3.05, 3.63) is 30.1 Å².